The summed E-state index contributed by atoms with van der Waals surface area (Å²) < 4.78 is 10.5. The molecule has 0 bridgehead atoms. The largest absolute Gasteiger partial charge is 0.450 e. The van der Waals surface area contributed by atoms with Crippen LogP contribution >= 0.6 is 11.6 Å². The predicted octanol–water partition coefficient (Wildman–Crippen LogP) is 4.06. The van der Waals surface area contributed by atoms with Gasteiger partial charge in [-0.25, -0.2) is 4.79 Å². The summed E-state index contributed by atoms with van der Waals surface area (Å²) in [5, 5.41) is 12.4. The van der Waals surface area contributed by atoms with Crippen LogP contribution in [0, 0.1) is 18.3 Å². The molecule has 0 saturated carbocycles. The van der Waals surface area contributed by atoms with Crippen molar-refractivity contribution in [2.75, 3.05) is 11.9 Å². The Hall–Kier alpha value is -3.30. The highest BCUT2D eigenvalue weighted by atomic mass is 35.5. The molecule has 0 atom stereocenters. The molecule has 7 heteroatoms. The van der Waals surface area contributed by atoms with Gasteiger partial charge in [0.2, 0.25) is 5.76 Å². The average Bonchev–Trinajstić information content (AvgIpc) is 2.99. The summed E-state index contributed by atoms with van der Waals surface area (Å²) in [6, 6.07) is 13.5. The summed E-state index contributed by atoms with van der Waals surface area (Å²) in [7, 11) is 0. The van der Waals surface area contributed by atoms with E-state index in [0.29, 0.717) is 32.8 Å². The van der Waals surface area contributed by atoms with Crippen LogP contribution in [0.5, 0.6) is 0 Å². The maximum atomic E-state index is 12.2. The molecule has 26 heavy (non-hydrogen) atoms. The Balaban J connectivity index is 1.65. The lowest BCUT2D eigenvalue weighted by atomic mass is 10.1. The molecule has 0 aliphatic rings. The number of para-hydroxylation sites is 1. The fraction of sp³-hybridized carbons (Fsp3) is 0.105. The van der Waals surface area contributed by atoms with E-state index < -0.39 is 18.5 Å². The predicted molar refractivity (Wildman–Crippen MR) is 96.0 cm³/mol. The van der Waals surface area contributed by atoms with E-state index in [1.54, 1.807) is 49.4 Å². The lowest BCUT2D eigenvalue weighted by Gasteiger charge is -2.06. The SMILES string of the molecule is Cc1c(C(=O)OCC(=O)Nc2ccc(C#N)cc2)oc2c(Cl)cccc12. The van der Waals surface area contributed by atoms with Crippen molar-refractivity contribution in [1.82, 2.24) is 0 Å². The summed E-state index contributed by atoms with van der Waals surface area (Å²) in [5.41, 5.74) is 1.98. The van der Waals surface area contributed by atoms with Gasteiger partial charge in [-0.3, -0.25) is 4.79 Å². The van der Waals surface area contributed by atoms with Crippen LogP contribution in [0.3, 0.4) is 0 Å². The van der Waals surface area contributed by atoms with Crippen molar-refractivity contribution in [3.63, 3.8) is 0 Å². The Bertz CT molecular complexity index is 1030. The molecule has 0 aliphatic heterocycles. The lowest BCUT2D eigenvalue weighted by Crippen LogP contribution is -2.21. The second-order valence-corrected chi connectivity index (χ2v) is 5.89. The number of furan rings is 1. The van der Waals surface area contributed by atoms with Gasteiger partial charge in [-0.2, -0.15) is 5.26 Å². The first-order valence-corrected chi connectivity index (χ1v) is 8.02. The third kappa shape index (κ3) is 3.53. The summed E-state index contributed by atoms with van der Waals surface area (Å²) in [6.45, 7) is 1.25. The highest BCUT2D eigenvalue weighted by Gasteiger charge is 2.21. The van der Waals surface area contributed by atoms with Crippen LogP contribution in [0.1, 0.15) is 21.7 Å². The number of carbonyl (C=O) groups is 2. The molecule has 1 N–H and O–H groups in total. The smallest absolute Gasteiger partial charge is 0.375 e. The Morgan fingerprint density at radius 2 is 1.96 bits per heavy atom. The van der Waals surface area contributed by atoms with Gasteiger partial charge in [0.05, 0.1) is 16.7 Å². The molecule has 6 nitrogen and oxygen atoms in total. The van der Waals surface area contributed by atoms with E-state index >= 15 is 0 Å². The van der Waals surface area contributed by atoms with E-state index in [-0.39, 0.29) is 5.76 Å². The number of nitrogens with zero attached hydrogens (tertiary/aromatic N) is 1. The molecule has 1 aromatic heterocycles. The molecule has 130 valence electrons. The van der Waals surface area contributed by atoms with Gasteiger partial charge in [0.1, 0.15) is 0 Å². The molecule has 0 unspecified atom stereocenters. The van der Waals surface area contributed by atoms with Gasteiger partial charge in [0, 0.05) is 16.6 Å². The molecule has 0 saturated heterocycles. The molecule has 1 heterocycles. The minimum absolute atomic E-state index is 0.0132. The summed E-state index contributed by atoms with van der Waals surface area (Å²) >= 11 is 6.06. The van der Waals surface area contributed by atoms with Crippen LogP contribution in [-0.2, 0) is 9.53 Å². The van der Waals surface area contributed by atoms with Crippen molar-refractivity contribution in [3.05, 3.63) is 64.4 Å². The highest BCUT2D eigenvalue weighted by molar-refractivity contribution is 6.35. The number of halogens is 1. The van der Waals surface area contributed by atoms with Gasteiger partial charge >= 0.3 is 5.97 Å². The highest BCUT2D eigenvalue weighted by Crippen LogP contribution is 2.30. The zero-order valence-electron chi connectivity index (χ0n) is 13.7. The molecular weight excluding hydrogens is 356 g/mol. The zero-order chi connectivity index (χ0) is 18.7. The van der Waals surface area contributed by atoms with E-state index in [4.69, 9.17) is 26.0 Å². The van der Waals surface area contributed by atoms with E-state index in [9.17, 15) is 9.59 Å². The molecule has 0 spiro atoms. The fourth-order valence-electron chi connectivity index (χ4n) is 2.43. The number of hydrogen-bond donors (Lipinski definition) is 1. The molecule has 1 amide bonds. The number of nitriles is 1. The Labute approximate surface area is 153 Å². The number of esters is 1. The van der Waals surface area contributed by atoms with Crippen LogP contribution in [0.25, 0.3) is 11.0 Å². The minimum atomic E-state index is -0.746. The number of carbonyl (C=O) groups excluding carboxylic acids is 2. The number of aryl methyl sites for hydroxylation is 1. The van der Waals surface area contributed by atoms with E-state index in [1.807, 2.05) is 6.07 Å². The lowest BCUT2D eigenvalue weighted by molar-refractivity contribution is -0.119. The van der Waals surface area contributed by atoms with Crippen molar-refractivity contribution in [2.24, 2.45) is 0 Å². The summed E-state index contributed by atoms with van der Waals surface area (Å²) in [5.74, 6) is -1.24. The van der Waals surface area contributed by atoms with Crippen molar-refractivity contribution in [1.29, 1.82) is 5.26 Å². The van der Waals surface area contributed by atoms with Gasteiger partial charge in [-0.1, -0.05) is 23.7 Å². The van der Waals surface area contributed by atoms with Crippen LogP contribution in [0.4, 0.5) is 5.69 Å². The minimum Gasteiger partial charge on any atom is -0.450 e. The Morgan fingerprint density at radius 3 is 2.62 bits per heavy atom. The van der Waals surface area contributed by atoms with Crippen LogP contribution < -0.4 is 5.32 Å². The number of benzene rings is 2. The topological polar surface area (TPSA) is 92.3 Å². The monoisotopic (exact) mass is 368 g/mol. The van der Waals surface area contributed by atoms with Crippen molar-refractivity contribution < 1.29 is 18.7 Å². The molecule has 0 aliphatic carbocycles. The molecule has 2 aromatic carbocycles. The van der Waals surface area contributed by atoms with Crippen molar-refractivity contribution >= 4 is 40.1 Å². The molecule has 3 rings (SSSR count). The van der Waals surface area contributed by atoms with E-state index in [0.717, 1.165) is 0 Å². The first-order valence-electron chi connectivity index (χ1n) is 7.64. The first kappa shape index (κ1) is 17.5. The number of nitrogens with one attached hydrogen (secondary N) is 1. The quantitative estimate of drug-likeness (QED) is 0.701. The number of amides is 1. The zero-order valence-corrected chi connectivity index (χ0v) is 14.5. The Kier molecular flexibility index (Phi) is 4.92. The third-order valence-electron chi connectivity index (χ3n) is 3.73. The number of hydrogen-bond acceptors (Lipinski definition) is 5. The molecular formula is C19H13ClN2O4. The van der Waals surface area contributed by atoms with Gasteiger partial charge in [0.25, 0.3) is 5.91 Å². The van der Waals surface area contributed by atoms with Gasteiger partial charge in [0.15, 0.2) is 12.2 Å². The maximum Gasteiger partial charge on any atom is 0.375 e. The summed E-state index contributed by atoms with van der Waals surface area (Å²) in [6.07, 6.45) is 0. The second kappa shape index (κ2) is 7.30. The summed E-state index contributed by atoms with van der Waals surface area (Å²) in [4.78, 5) is 24.1. The standard InChI is InChI=1S/C19H13ClN2O4/c1-11-14-3-2-4-15(20)18(14)26-17(11)19(24)25-10-16(23)22-13-7-5-12(9-21)6-8-13/h2-8H,10H2,1H3,(H,22,23). The van der Waals surface area contributed by atoms with E-state index in [1.165, 1.54) is 0 Å². The number of anilines is 1. The van der Waals surface area contributed by atoms with Crippen LogP contribution in [0.2, 0.25) is 5.02 Å². The number of fused-ring (bicyclic) bond motifs is 1. The second-order valence-electron chi connectivity index (χ2n) is 5.49. The average molecular weight is 369 g/mol. The number of ether oxygens (including phenoxy) is 1. The van der Waals surface area contributed by atoms with Gasteiger partial charge in [-0.15, -0.1) is 0 Å². The maximum absolute atomic E-state index is 12.2. The first-order chi connectivity index (χ1) is 12.5. The Morgan fingerprint density at radius 1 is 1.23 bits per heavy atom. The molecule has 3 aromatic rings. The van der Waals surface area contributed by atoms with E-state index in [2.05, 4.69) is 5.32 Å². The van der Waals surface area contributed by atoms with Crippen LogP contribution in [-0.4, -0.2) is 18.5 Å². The van der Waals surface area contributed by atoms with Crippen molar-refractivity contribution in [2.45, 2.75) is 6.92 Å². The van der Waals surface area contributed by atoms with Gasteiger partial charge in [-0.05, 0) is 37.3 Å². The molecule has 0 fully saturated rings. The fourth-order valence-corrected chi connectivity index (χ4v) is 2.64. The normalized spacial score (nSPS) is 10.3. The number of rotatable bonds is 4. The van der Waals surface area contributed by atoms with Gasteiger partial charge < -0.3 is 14.5 Å². The molecule has 0 radical (unpaired) electrons. The third-order valence-corrected chi connectivity index (χ3v) is 4.03. The van der Waals surface area contributed by atoms with Crippen LogP contribution in [0.15, 0.2) is 46.9 Å². The van der Waals surface area contributed by atoms with Crippen molar-refractivity contribution in [3.8, 4) is 6.07 Å².